The molecule has 0 unspecified atom stereocenters. The van der Waals surface area contributed by atoms with Gasteiger partial charge in [-0.2, -0.15) is 0 Å². The summed E-state index contributed by atoms with van der Waals surface area (Å²) >= 11 is 0. The second kappa shape index (κ2) is 2.97. The number of fused-ring (bicyclic) bond motifs is 1. The first-order valence-corrected chi connectivity index (χ1v) is 4.98. The lowest BCUT2D eigenvalue weighted by Gasteiger charge is -2.17. The first-order chi connectivity index (χ1) is 6.95. The van der Waals surface area contributed by atoms with Crippen LogP contribution >= 0.6 is 0 Å². The zero-order valence-electron chi connectivity index (χ0n) is 7.93. The van der Waals surface area contributed by atoms with E-state index < -0.39 is 0 Å². The Hall–Kier alpha value is -1.58. The molecule has 0 bridgehead atoms. The zero-order chi connectivity index (χ0) is 9.38. The van der Waals surface area contributed by atoms with Crippen molar-refractivity contribution in [3.8, 4) is 0 Å². The summed E-state index contributed by atoms with van der Waals surface area (Å²) in [7, 11) is 0. The summed E-state index contributed by atoms with van der Waals surface area (Å²) in [6, 6.07) is 4.17. The lowest BCUT2D eigenvalue weighted by Crippen LogP contribution is -2.18. The fraction of sp³-hybridized carbons (Fsp3) is 0.400. The molecule has 0 aliphatic carbocycles. The quantitative estimate of drug-likeness (QED) is 0.677. The molecule has 1 fully saturated rings. The highest BCUT2D eigenvalue weighted by molar-refractivity contribution is 5.68. The Labute approximate surface area is 82.2 Å². The Morgan fingerprint density at radius 3 is 2.93 bits per heavy atom. The minimum Gasteiger partial charge on any atom is -0.368 e. The number of hydrogen-bond donors (Lipinski definition) is 0. The molecule has 0 N–H and O–H groups in total. The zero-order valence-corrected chi connectivity index (χ0v) is 7.93. The molecule has 0 radical (unpaired) electrons. The predicted octanol–water partition coefficient (Wildman–Crippen LogP) is 1.33. The van der Waals surface area contributed by atoms with Gasteiger partial charge in [0.25, 0.3) is 0 Å². The monoisotopic (exact) mass is 188 g/mol. The largest absolute Gasteiger partial charge is 0.368 e. The van der Waals surface area contributed by atoms with E-state index in [0.717, 1.165) is 18.7 Å². The summed E-state index contributed by atoms with van der Waals surface area (Å²) in [4.78, 5) is 2.38. The fourth-order valence-electron chi connectivity index (χ4n) is 2.04. The molecule has 1 saturated heterocycles. The van der Waals surface area contributed by atoms with Crippen LogP contribution < -0.4 is 4.90 Å². The summed E-state index contributed by atoms with van der Waals surface area (Å²) in [6.45, 7) is 2.29. The predicted molar refractivity (Wildman–Crippen MR) is 54.4 cm³/mol. The van der Waals surface area contributed by atoms with Crippen LogP contribution in [0.15, 0.2) is 24.7 Å². The van der Waals surface area contributed by atoms with Gasteiger partial charge in [-0.05, 0) is 25.0 Å². The van der Waals surface area contributed by atoms with Gasteiger partial charge in [-0.25, -0.2) is 0 Å². The normalized spacial score (nSPS) is 16.7. The molecule has 0 aromatic carbocycles. The molecule has 3 heterocycles. The molecule has 0 saturated carbocycles. The van der Waals surface area contributed by atoms with Crippen LogP contribution in [-0.2, 0) is 0 Å². The second-order valence-electron chi connectivity index (χ2n) is 3.65. The minimum atomic E-state index is 0.967. The van der Waals surface area contributed by atoms with Gasteiger partial charge in [0.05, 0.1) is 5.69 Å². The third kappa shape index (κ3) is 1.07. The lowest BCUT2D eigenvalue weighted by molar-refractivity contribution is 0.949. The molecule has 4 heteroatoms. The van der Waals surface area contributed by atoms with E-state index in [9.17, 15) is 0 Å². The SMILES string of the molecule is c1cc(N2CCCC2)c2nncn2c1. The molecular weight excluding hydrogens is 176 g/mol. The van der Waals surface area contributed by atoms with Crippen LogP contribution in [-0.4, -0.2) is 27.7 Å². The Bertz CT molecular complexity index is 442. The van der Waals surface area contributed by atoms with Crippen LogP contribution in [0.3, 0.4) is 0 Å². The summed E-state index contributed by atoms with van der Waals surface area (Å²) in [5, 5.41) is 8.05. The highest BCUT2D eigenvalue weighted by Crippen LogP contribution is 2.23. The first kappa shape index (κ1) is 7.79. The molecule has 3 rings (SSSR count). The van der Waals surface area contributed by atoms with Gasteiger partial charge < -0.3 is 4.90 Å². The van der Waals surface area contributed by atoms with Crippen molar-refractivity contribution >= 4 is 11.3 Å². The number of nitrogens with zero attached hydrogens (tertiary/aromatic N) is 4. The van der Waals surface area contributed by atoms with Crippen molar-refractivity contribution in [2.24, 2.45) is 0 Å². The van der Waals surface area contributed by atoms with Crippen molar-refractivity contribution in [2.45, 2.75) is 12.8 Å². The number of rotatable bonds is 1. The van der Waals surface area contributed by atoms with E-state index in [0.29, 0.717) is 0 Å². The van der Waals surface area contributed by atoms with Crippen molar-refractivity contribution in [3.63, 3.8) is 0 Å². The summed E-state index contributed by atoms with van der Waals surface area (Å²) < 4.78 is 1.97. The van der Waals surface area contributed by atoms with Gasteiger partial charge in [-0.15, -0.1) is 10.2 Å². The number of pyridine rings is 1. The molecule has 72 valence electrons. The summed E-state index contributed by atoms with van der Waals surface area (Å²) in [6.07, 6.45) is 6.30. The number of hydrogen-bond acceptors (Lipinski definition) is 3. The van der Waals surface area contributed by atoms with Crippen molar-refractivity contribution in [2.75, 3.05) is 18.0 Å². The fourth-order valence-corrected chi connectivity index (χ4v) is 2.04. The first-order valence-electron chi connectivity index (χ1n) is 4.98. The van der Waals surface area contributed by atoms with Gasteiger partial charge in [-0.3, -0.25) is 4.40 Å². The van der Waals surface area contributed by atoms with E-state index in [1.54, 1.807) is 6.33 Å². The smallest absolute Gasteiger partial charge is 0.184 e. The minimum absolute atomic E-state index is 0.967. The van der Waals surface area contributed by atoms with E-state index in [1.807, 2.05) is 16.7 Å². The maximum Gasteiger partial charge on any atom is 0.184 e. The molecule has 1 aliphatic heterocycles. The average Bonchev–Trinajstić information content (AvgIpc) is 2.88. The summed E-state index contributed by atoms with van der Waals surface area (Å²) in [5.74, 6) is 0. The van der Waals surface area contributed by atoms with Crippen LogP contribution in [0, 0.1) is 0 Å². The van der Waals surface area contributed by atoms with Gasteiger partial charge >= 0.3 is 0 Å². The van der Waals surface area contributed by atoms with E-state index in [-0.39, 0.29) is 0 Å². The van der Waals surface area contributed by atoms with Crippen LogP contribution in [0.2, 0.25) is 0 Å². The topological polar surface area (TPSA) is 33.4 Å². The van der Waals surface area contributed by atoms with E-state index >= 15 is 0 Å². The van der Waals surface area contributed by atoms with Crippen molar-refractivity contribution in [1.82, 2.24) is 14.6 Å². The van der Waals surface area contributed by atoms with E-state index in [1.165, 1.54) is 18.5 Å². The van der Waals surface area contributed by atoms with E-state index in [2.05, 4.69) is 21.2 Å². The third-order valence-corrected chi connectivity index (χ3v) is 2.75. The van der Waals surface area contributed by atoms with Crippen molar-refractivity contribution in [1.29, 1.82) is 0 Å². The van der Waals surface area contributed by atoms with Gasteiger partial charge in [0.15, 0.2) is 5.65 Å². The Kier molecular flexibility index (Phi) is 1.65. The van der Waals surface area contributed by atoms with Crippen LogP contribution in [0.4, 0.5) is 5.69 Å². The van der Waals surface area contributed by atoms with Gasteiger partial charge in [0.2, 0.25) is 0 Å². The maximum absolute atomic E-state index is 4.13. The summed E-state index contributed by atoms with van der Waals surface area (Å²) in [5.41, 5.74) is 2.18. The molecular formula is C10H12N4. The van der Waals surface area contributed by atoms with Crippen LogP contribution in [0.5, 0.6) is 0 Å². The van der Waals surface area contributed by atoms with Crippen LogP contribution in [0.25, 0.3) is 5.65 Å². The third-order valence-electron chi connectivity index (χ3n) is 2.75. The Morgan fingerprint density at radius 1 is 1.21 bits per heavy atom. The van der Waals surface area contributed by atoms with Crippen LogP contribution in [0.1, 0.15) is 12.8 Å². The van der Waals surface area contributed by atoms with Gasteiger partial charge in [-0.1, -0.05) is 0 Å². The van der Waals surface area contributed by atoms with Gasteiger partial charge in [0, 0.05) is 19.3 Å². The number of anilines is 1. The molecule has 2 aromatic heterocycles. The Balaban J connectivity index is 2.14. The molecule has 1 aliphatic rings. The van der Waals surface area contributed by atoms with Gasteiger partial charge in [0.1, 0.15) is 6.33 Å². The molecule has 0 atom stereocenters. The van der Waals surface area contributed by atoms with E-state index in [4.69, 9.17) is 0 Å². The highest BCUT2D eigenvalue weighted by Gasteiger charge is 2.15. The van der Waals surface area contributed by atoms with Crippen molar-refractivity contribution in [3.05, 3.63) is 24.7 Å². The average molecular weight is 188 g/mol. The molecule has 2 aromatic rings. The molecule has 0 amide bonds. The molecule has 14 heavy (non-hydrogen) atoms. The van der Waals surface area contributed by atoms with Crippen molar-refractivity contribution < 1.29 is 0 Å². The Morgan fingerprint density at radius 2 is 2.07 bits per heavy atom. The standard InChI is InChI=1S/C10H12N4/c1-2-6-13(5-1)9-4-3-7-14-8-11-12-10(9)14/h3-4,7-8H,1-2,5-6H2. The molecule has 4 nitrogen and oxygen atoms in total. The molecule has 0 spiro atoms. The lowest BCUT2D eigenvalue weighted by atomic mass is 10.3. The highest BCUT2D eigenvalue weighted by atomic mass is 15.3. The maximum atomic E-state index is 4.13. The number of aromatic nitrogens is 3. The second-order valence-corrected chi connectivity index (χ2v) is 3.65.